The molecule has 0 spiro atoms. The minimum absolute atomic E-state index is 0.150. The summed E-state index contributed by atoms with van der Waals surface area (Å²) in [6.07, 6.45) is 4.76. The van der Waals surface area contributed by atoms with Crippen molar-refractivity contribution in [2.24, 2.45) is 17.3 Å². The summed E-state index contributed by atoms with van der Waals surface area (Å²) < 4.78 is 0. The second kappa shape index (κ2) is 2.71. The molecule has 0 aromatic carbocycles. The molecule has 3 unspecified atom stereocenters. The second-order valence-electron chi connectivity index (χ2n) is 5.45. The first-order valence-corrected chi connectivity index (χ1v) is 5.33. The number of aliphatic hydroxyl groups excluding tert-OH is 1. The zero-order chi connectivity index (χ0) is 9.69. The van der Waals surface area contributed by atoms with Gasteiger partial charge in [-0.05, 0) is 44.9 Å². The Labute approximate surface area is 80.0 Å². The molecule has 3 atom stereocenters. The molecule has 2 N–H and O–H groups in total. The second-order valence-corrected chi connectivity index (χ2v) is 5.45. The van der Waals surface area contributed by atoms with E-state index in [9.17, 15) is 10.2 Å². The van der Waals surface area contributed by atoms with Crippen LogP contribution in [0.3, 0.4) is 0 Å². The maximum absolute atomic E-state index is 10.1. The third-order valence-electron chi connectivity index (χ3n) is 4.48. The van der Waals surface area contributed by atoms with Crippen LogP contribution in [0.1, 0.15) is 39.5 Å². The Morgan fingerprint density at radius 1 is 1.38 bits per heavy atom. The van der Waals surface area contributed by atoms with Crippen LogP contribution in [0.15, 0.2) is 0 Å². The van der Waals surface area contributed by atoms with E-state index in [-0.39, 0.29) is 12.0 Å². The van der Waals surface area contributed by atoms with E-state index in [1.807, 2.05) is 13.8 Å². The smallest absolute Gasteiger partial charge is 0.0672 e. The summed E-state index contributed by atoms with van der Waals surface area (Å²) in [6.45, 7) is 3.85. The molecule has 2 bridgehead atoms. The average Bonchev–Trinajstić information content (AvgIpc) is 2.60. The fraction of sp³-hybridized carbons (Fsp3) is 1.00. The van der Waals surface area contributed by atoms with Crippen LogP contribution in [0.2, 0.25) is 0 Å². The number of fused-ring (bicyclic) bond motifs is 2. The van der Waals surface area contributed by atoms with Gasteiger partial charge in [-0.2, -0.15) is 0 Å². The first-order valence-electron chi connectivity index (χ1n) is 5.33. The summed E-state index contributed by atoms with van der Waals surface area (Å²) in [7, 11) is 0. The number of hydrogen-bond donors (Lipinski definition) is 2. The fourth-order valence-corrected chi connectivity index (χ4v) is 3.58. The minimum atomic E-state index is -0.721. The van der Waals surface area contributed by atoms with Crippen LogP contribution < -0.4 is 0 Å². The summed E-state index contributed by atoms with van der Waals surface area (Å²) >= 11 is 0. The third-order valence-corrected chi connectivity index (χ3v) is 4.48. The highest BCUT2D eigenvalue weighted by Gasteiger charge is 2.57. The van der Waals surface area contributed by atoms with Gasteiger partial charge in [0, 0.05) is 5.41 Å². The van der Waals surface area contributed by atoms with Gasteiger partial charge in [-0.15, -0.1) is 0 Å². The Bertz CT molecular complexity index is 207. The van der Waals surface area contributed by atoms with Crippen molar-refractivity contribution in [1.82, 2.24) is 0 Å². The summed E-state index contributed by atoms with van der Waals surface area (Å²) in [6, 6.07) is 0. The first kappa shape index (κ1) is 9.47. The molecule has 0 saturated heterocycles. The van der Waals surface area contributed by atoms with Crippen LogP contribution in [0, 0.1) is 17.3 Å². The van der Waals surface area contributed by atoms with Gasteiger partial charge >= 0.3 is 0 Å². The highest BCUT2D eigenvalue weighted by molar-refractivity contribution is 5.07. The fourth-order valence-electron chi connectivity index (χ4n) is 3.58. The van der Waals surface area contributed by atoms with E-state index in [2.05, 4.69) is 0 Å². The molecule has 76 valence electrons. The van der Waals surface area contributed by atoms with Gasteiger partial charge in [0.15, 0.2) is 0 Å². The van der Waals surface area contributed by atoms with E-state index in [1.54, 1.807) is 0 Å². The molecule has 0 radical (unpaired) electrons. The van der Waals surface area contributed by atoms with E-state index in [1.165, 1.54) is 19.3 Å². The van der Waals surface area contributed by atoms with Crippen molar-refractivity contribution in [3.05, 3.63) is 0 Å². The Morgan fingerprint density at radius 3 is 2.31 bits per heavy atom. The largest absolute Gasteiger partial charge is 0.396 e. The summed E-state index contributed by atoms with van der Waals surface area (Å²) in [4.78, 5) is 0. The predicted molar refractivity (Wildman–Crippen MR) is 51.3 cm³/mol. The topological polar surface area (TPSA) is 40.5 Å². The van der Waals surface area contributed by atoms with E-state index in [0.29, 0.717) is 5.92 Å². The maximum Gasteiger partial charge on any atom is 0.0672 e. The van der Waals surface area contributed by atoms with Crippen molar-refractivity contribution in [1.29, 1.82) is 0 Å². The predicted octanol–water partition coefficient (Wildman–Crippen LogP) is 1.56. The highest BCUT2D eigenvalue weighted by Crippen LogP contribution is 2.59. The average molecular weight is 184 g/mol. The van der Waals surface area contributed by atoms with E-state index in [4.69, 9.17) is 0 Å². The van der Waals surface area contributed by atoms with Crippen LogP contribution in [-0.4, -0.2) is 22.4 Å². The molecule has 2 nitrogen and oxygen atoms in total. The Kier molecular flexibility index (Phi) is 1.97. The van der Waals surface area contributed by atoms with Crippen LogP contribution in [0.4, 0.5) is 0 Å². The van der Waals surface area contributed by atoms with Gasteiger partial charge < -0.3 is 10.2 Å². The molecule has 2 fully saturated rings. The summed E-state index contributed by atoms with van der Waals surface area (Å²) in [5, 5.41) is 19.6. The molecule has 2 aliphatic rings. The minimum Gasteiger partial charge on any atom is -0.396 e. The standard InChI is InChI=1S/C11H20O2/c1-10(2,13)11(7-12)6-8-3-4-9(11)5-8/h8-9,12-13H,3-7H2,1-2H3. The van der Waals surface area contributed by atoms with E-state index < -0.39 is 5.60 Å². The molecule has 2 saturated carbocycles. The van der Waals surface area contributed by atoms with Crippen molar-refractivity contribution >= 4 is 0 Å². The lowest BCUT2D eigenvalue weighted by Gasteiger charge is -2.45. The molecule has 0 heterocycles. The lowest BCUT2D eigenvalue weighted by molar-refractivity contribution is -0.115. The van der Waals surface area contributed by atoms with Gasteiger partial charge in [0.2, 0.25) is 0 Å². The van der Waals surface area contributed by atoms with Crippen LogP contribution in [0.5, 0.6) is 0 Å². The number of hydrogen-bond acceptors (Lipinski definition) is 2. The van der Waals surface area contributed by atoms with E-state index in [0.717, 1.165) is 12.3 Å². The van der Waals surface area contributed by atoms with Crippen LogP contribution >= 0.6 is 0 Å². The van der Waals surface area contributed by atoms with Crippen molar-refractivity contribution in [3.8, 4) is 0 Å². The molecule has 2 aliphatic carbocycles. The molecule has 0 aromatic rings. The number of aliphatic hydroxyl groups is 2. The molecule has 0 amide bonds. The Balaban J connectivity index is 2.27. The quantitative estimate of drug-likeness (QED) is 0.683. The normalized spacial score (nSPS) is 44.3. The van der Waals surface area contributed by atoms with Gasteiger partial charge in [-0.3, -0.25) is 0 Å². The van der Waals surface area contributed by atoms with Crippen LogP contribution in [0.25, 0.3) is 0 Å². The van der Waals surface area contributed by atoms with E-state index >= 15 is 0 Å². The Morgan fingerprint density at radius 2 is 2.08 bits per heavy atom. The molecule has 0 aliphatic heterocycles. The third kappa shape index (κ3) is 1.15. The van der Waals surface area contributed by atoms with Crippen molar-refractivity contribution in [2.75, 3.05) is 6.61 Å². The monoisotopic (exact) mass is 184 g/mol. The Hall–Kier alpha value is -0.0800. The lowest BCUT2D eigenvalue weighted by Crippen LogP contribution is -2.49. The highest BCUT2D eigenvalue weighted by atomic mass is 16.3. The van der Waals surface area contributed by atoms with Crippen molar-refractivity contribution < 1.29 is 10.2 Å². The summed E-state index contributed by atoms with van der Waals surface area (Å²) in [5.74, 6) is 1.33. The molecule has 0 aromatic heterocycles. The van der Waals surface area contributed by atoms with Gasteiger partial charge in [0.05, 0.1) is 12.2 Å². The molecular formula is C11H20O2. The lowest BCUT2D eigenvalue weighted by atomic mass is 9.64. The van der Waals surface area contributed by atoms with Crippen LogP contribution in [-0.2, 0) is 0 Å². The zero-order valence-corrected chi connectivity index (χ0v) is 8.58. The van der Waals surface area contributed by atoms with Gasteiger partial charge in [0.25, 0.3) is 0 Å². The molecule has 13 heavy (non-hydrogen) atoms. The maximum atomic E-state index is 10.1. The van der Waals surface area contributed by atoms with Gasteiger partial charge in [0.1, 0.15) is 0 Å². The molecule has 2 heteroatoms. The van der Waals surface area contributed by atoms with Crippen molar-refractivity contribution in [3.63, 3.8) is 0 Å². The number of rotatable bonds is 2. The zero-order valence-electron chi connectivity index (χ0n) is 8.58. The molecular weight excluding hydrogens is 164 g/mol. The molecule has 2 rings (SSSR count). The first-order chi connectivity index (χ1) is 5.99. The van der Waals surface area contributed by atoms with Gasteiger partial charge in [-0.25, -0.2) is 0 Å². The summed E-state index contributed by atoms with van der Waals surface area (Å²) in [5.41, 5.74) is -0.919. The van der Waals surface area contributed by atoms with Crippen molar-refractivity contribution in [2.45, 2.75) is 45.1 Å². The van der Waals surface area contributed by atoms with Gasteiger partial charge in [-0.1, -0.05) is 6.42 Å². The SMILES string of the molecule is CC(C)(O)C1(CO)CC2CCC1C2.